The summed E-state index contributed by atoms with van der Waals surface area (Å²) in [6.45, 7) is 4.12. The summed E-state index contributed by atoms with van der Waals surface area (Å²) in [5.74, 6) is -1.18. The number of hydrogen-bond donors (Lipinski definition) is 1. The molecule has 0 aliphatic rings. The minimum atomic E-state index is -0.839. The van der Waals surface area contributed by atoms with E-state index in [1.54, 1.807) is 18.2 Å². The van der Waals surface area contributed by atoms with Crippen LogP contribution in [-0.4, -0.2) is 11.1 Å². The molecule has 0 aromatic heterocycles. The molecule has 1 aromatic carbocycles. The Bertz CT molecular complexity index is 374. The largest absolute Gasteiger partial charge is 0.481 e. The lowest BCUT2D eigenvalue weighted by molar-refractivity contribution is -0.142. The van der Waals surface area contributed by atoms with Gasteiger partial charge in [-0.05, 0) is 30.4 Å². The Labute approximate surface area is 101 Å². The molecule has 1 atom stereocenters. The zero-order valence-electron chi connectivity index (χ0n) is 10.3. The fourth-order valence-corrected chi connectivity index (χ4v) is 1.78. The van der Waals surface area contributed by atoms with Crippen LogP contribution in [0, 0.1) is 17.7 Å². The van der Waals surface area contributed by atoms with E-state index in [2.05, 4.69) is 13.8 Å². The Hall–Kier alpha value is -1.38. The number of halogens is 1. The highest BCUT2D eigenvalue weighted by Crippen LogP contribution is 2.19. The van der Waals surface area contributed by atoms with E-state index in [-0.39, 0.29) is 12.2 Å². The van der Waals surface area contributed by atoms with Crippen LogP contribution in [-0.2, 0) is 11.2 Å². The number of rotatable bonds is 6. The maximum atomic E-state index is 13.4. The van der Waals surface area contributed by atoms with Crippen LogP contribution in [0.25, 0.3) is 0 Å². The van der Waals surface area contributed by atoms with E-state index in [0.717, 1.165) is 6.42 Å². The van der Waals surface area contributed by atoms with Crippen molar-refractivity contribution in [3.05, 3.63) is 35.6 Å². The molecular weight excluding hydrogens is 219 g/mol. The number of benzene rings is 1. The normalized spacial score (nSPS) is 12.7. The molecule has 2 nitrogen and oxygen atoms in total. The van der Waals surface area contributed by atoms with E-state index in [1.807, 2.05) is 0 Å². The van der Waals surface area contributed by atoms with Crippen LogP contribution in [0.15, 0.2) is 24.3 Å². The minimum absolute atomic E-state index is 0.273. The monoisotopic (exact) mass is 238 g/mol. The standard InChI is InChI=1S/C14H19FO2/c1-10(2)7-8-12(14(16)17)9-11-5-3-4-6-13(11)15/h3-6,10,12H,7-9H2,1-2H3,(H,16,17). The number of carboxylic acid groups (broad SMARTS) is 1. The lowest BCUT2D eigenvalue weighted by atomic mass is 9.92. The highest BCUT2D eigenvalue weighted by molar-refractivity contribution is 5.70. The third-order valence-electron chi connectivity index (χ3n) is 2.87. The number of carboxylic acids is 1. The van der Waals surface area contributed by atoms with Crippen molar-refractivity contribution >= 4 is 5.97 Å². The summed E-state index contributed by atoms with van der Waals surface area (Å²) in [6, 6.07) is 6.37. The lowest BCUT2D eigenvalue weighted by Crippen LogP contribution is -2.17. The predicted octanol–water partition coefficient (Wildman–Crippen LogP) is 3.51. The van der Waals surface area contributed by atoms with Crippen molar-refractivity contribution < 1.29 is 14.3 Å². The number of hydrogen-bond acceptors (Lipinski definition) is 1. The summed E-state index contributed by atoms with van der Waals surface area (Å²) in [4.78, 5) is 11.1. The van der Waals surface area contributed by atoms with Crippen molar-refractivity contribution in [2.75, 3.05) is 0 Å². The molecule has 1 N–H and O–H groups in total. The molecule has 3 heteroatoms. The first-order valence-electron chi connectivity index (χ1n) is 5.97. The highest BCUT2D eigenvalue weighted by Gasteiger charge is 2.19. The topological polar surface area (TPSA) is 37.3 Å². The second-order valence-corrected chi connectivity index (χ2v) is 4.80. The molecular formula is C14H19FO2. The Kier molecular flexibility index (Phi) is 5.13. The Balaban J connectivity index is 2.67. The van der Waals surface area contributed by atoms with Crippen molar-refractivity contribution in [1.82, 2.24) is 0 Å². The van der Waals surface area contributed by atoms with Gasteiger partial charge in [-0.3, -0.25) is 4.79 Å². The van der Waals surface area contributed by atoms with Crippen molar-refractivity contribution in [2.24, 2.45) is 11.8 Å². The molecule has 1 unspecified atom stereocenters. The van der Waals surface area contributed by atoms with E-state index in [4.69, 9.17) is 5.11 Å². The van der Waals surface area contributed by atoms with Crippen molar-refractivity contribution in [3.8, 4) is 0 Å². The first-order valence-corrected chi connectivity index (χ1v) is 5.97. The van der Waals surface area contributed by atoms with Gasteiger partial charge in [0.15, 0.2) is 0 Å². The lowest BCUT2D eigenvalue weighted by Gasteiger charge is -2.14. The van der Waals surface area contributed by atoms with E-state index in [9.17, 15) is 9.18 Å². The van der Waals surface area contributed by atoms with E-state index < -0.39 is 11.9 Å². The third kappa shape index (κ3) is 4.55. The van der Waals surface area contributed by atoms with Crippen molar-refractivity contribution in [1.29, 1.82) is 0 Å². The van der Waals surface area contributed by atoms with Crippen LogP contribution in [0.1, 0.15) is 32.3 Å². The van der Waals surface area contributed by atoms with Gasteiger partial charge in [-0.1, -0.05) is 38.5 Å². The molecule has 0 amide bonds. The minimum Gasteiger partial charge on any atom is -0.481 e. The number of carbonyl (C=O) groups is 1. The predicted molar refractivity (Wildman–Crippen MR) is 65.3 cm³/mol. The van der Waals surface area contributed by atoms with Crippen LogP contribution in [0.4, 0.5) is 4.39 Å². The molecule has 0 heterocycles. The van der Waals surface area contributed by atoms with Gasteiger partial charge in [0.05, 0.1) is 5.92 Å². The van der Waals surface area contributed by atoms with E-state index in [1.165, 1.54) is 6.07 Å². The van der Waals surface area contributed by atoms with Crippen LogP contribution in [0.2, 0.25) is 0 Å². The first-order chi connectivity index (χ1) is 8.00. The van der Waals surface area contributed by atoms with Crippen molar-refractivity contribution in [3.63, 3.8) is 0 Å². The molecule has 1 aromatic rings. The summed E-state index contributed by atoms with van der Waals surface area (Å²) in [6.07, 6.45) is 1.72. The molecule has 0 bridgehead atoms. The summed E-state index contributed by atoms with van der Waals surface area (Å²) in [5.41, 5.74) is 0.489. The van der Waals surface area contributed by atoms with Gasteiger partial charge in [-0.15, -0.1) is 0 Å². The smallest absolute Gasteiger partial charge is 0.306 e. The molecule has 0 saturated heterocycles. The molecule has 0 radical (unpaired) electrons. The molecule has 0 saturated carbocycles. The summed E-state index contributed by atoms with van der Waals surface area (Å²) in [7, 11) is 0. The van der Waals surface area contributed by atoms with Crippen LogP contribution in [0.5, 0.6) is 0 Å². The molecule has 94 valence electrons. The quantitative estimate of drug-likeness (QED) is 0.823. The Morgan fingerprint density at radius 2 is 1.94 bits per heavy atom. The molecule has 17 heavy (non-hydrogen) atoms. The van der Waals surface area contributed by atoms with Gasteiger partial charge in [-0.25, -0.2) is 4.39 Å². The van der Waals surface area contributed by atoms with Gasteiger partial charge >= 0.3 is 5.97 Å². The van der Waals surface area contributed by atoms with Gasteiger partial charge in [0, 0.05) is 0 Å². The summed E-state index contributed by atoms with van der Waals surface area (Å²) < 4.78 is 13.4. The fourth-order valence-electron chi connectivity index (χ4n) is 1.78. The second kappa shape index (κ2) is 6.38. The van der Waals surface area contributed by atoms with E-state index in [0.29, 0.717) is 17.9 Å². The Morgan fingerprint density at radius 3 is 2.47 bits per heavy atom. The van der Waals surface area contributed by atoms with Crippen LogP contribution in [0.3, 0.4) is 0 Å². The third-order valence-corrected chi connectivity index (χ3v) is 2.87. The van der Waals surface area contributed by atoms with Gasteiger partial charge in [0.25, 0.3) is 0 Å². The zero-order valence-corrected chi connectivity index (χ0v) is 10.3. The molecule has 0 aliphatic carbocycles. The summed E-state index contributed by atoms with van der Waals surface area (Å²) in [5, 5.41) is 9.12. The SMILES string of the molecule is CC(C)CCC(Cc1ccccc1F)C(=O)O. The fraction of sp³-hybridized carbons (Fsp3) is 0.500. The maximum Gasteiger partial charge on any atom is 0.306 e. The molecule has 1 rings (SSSR count). The molecule has 0 fully saturated rings. The van der Waals surface area contributed by atoms with Gasteiger partial charge in [-0.2, -0.15) is 0 Å². The average Bonchev–Trinajstić information content (AvgIpc) is 2.25. The first kappa shape index (κ1) is 13.7. The maximum absolute atomic E-state index is 13.4. The molecule has 0 aliphatic heterocycles. The van der Waals surface area contributed by atoms with Crippen LogP contribution < -0.4 is 0 Å². The van der Waals surface area contributed by atoms with Crippen molar-refractivity contribution in [2.45, 2.75) is 33.1 Å². The molecule has 0 spiro atoms. The van der Waals surface area contributed by atoms with Crippen LogP contribution >= 0.6 is 0 Å². The van der Waals surface area contributed by atoms with Gasteiger partial charge in [0.1, 0.15) is 5.82 Å². The van der Waals surface area contributed by atoms with Gasteiger partial charge in [0.2, 0.25) is 0 Å². The van der Waals surface area contributed by atoms with Gasteiger partial charge < -0.3 is 5.11 Å². The summed E-state index contributed by atoms with van der Waals surface area (Å²) >= 11 is 0. The highest BCUT2D eigenvalue weighted by atomic mass is 19.1. The second-order valence-electron chi connectivity index (χ2n) is 4.80. The zero-order chi connectivity index (χ0) is 12.8. The average molecular weight is 238 g/mol. The van der Waals surface area contributed by atoms with E-state index >= 15 is 0 Å². The number of aliphatic carboxylic acids is 1. The Morgan fingerprint density at radius 1 is 1.29 bits per heavy atom.